The highest BCUT2D eigenvalue weighted by molar-refractivity contribution is 7.27. The van der Waals surface area contributed by atoms with Gasteiger partial charge in [0.2, 0.25) is 0 Å². The molecule has 0 aliphatic carbocycles. The minimum atomic E-state index is 1.22. The molecule has 0 amide bonds. The van der Waals surface area contributed by atoms with Crippen molar-refractivity contribution < 1.29 is 0 Å². The Hall–Kier alpha value is -12.0. The summed E-state index contributed by atoms with van der Waals surface area (Å²) in [6.07, 6.45) is 0. The van der Waals surface area contributed by atoms with Gasteiger partial charge in [-0.3, -0.25) is 0 Å². The van der Waals surface area contributed by atoms with Crippen molar-refractivity contribution in [3.63, 3.8) is 0 Å². The molecule has 0 atom stereocenters. The first-order valence-corrected chi connectivity index (χ1v) is 37.9. The second-order valence-corrected chi connectivity index (χ2v) is 30.8. The van der Waals surface area contributed by atoms with Crippen LogP contribution in [0.25, 0.3) is 202 Å². The maximum atomic E-state index is 2.50. The second-order valence-electron chi connectivity index (χ2n) is 26.5. The zero-order valence-corrected chi connectivity index (χ0v) is 58.3. The number of aromatic nitrogens is 2. The van der Waals surface area contributed by atoms with E-state index in [1.165, 1.54) is 202 Å². The van der Waals surface area contributed by atoms with Crippen LogP contribution in [0.1, 0.15) is 0 Å². The van der Waals surface area contributed by atoms with E-state index >= 15 is 0 Å². The monoisotopic (exact) mass is 1370 g/mol. The Balaban J connectivity index is 0.000000133. The Bertz CT molecular complexity index is 6910. The summed E-state index contributed by atoms with van der Waals surface area (Å²) < 4.78 is 15.6. The van der Waals surface area contributed by atoms with Gasteiger partial charge in [-0.25, -0.2) is 0 Å². The van der Waals surface area contributed by atoms with Gasteiger partial charge in [-0.15, -0.1) is 45.3 Å². The average molecular weight is 1370 g/mol. The minimum Gasteiger partial charge on any atom is -0.308 e. The highest BCUT2D eigenvalue weighted by atomic mass is 32.1. The smallest absolute Gasteiger partial charge is 0.0640 e. The lowest BCUT2D eigenvalue weighted by Gasteiger charge is -2.11. The third-order valence-corrected chi connectivity index (χ3v) is 25.5. The molecule has 6 aromatic heterocycles. The van der Waals surface area contributed by atoms with Crippen LogP contribution in [-0.2, 0) is 0 Å². The number of nitrogens with zero attached hydrogens (tertiary/aromatic N) is 2. The van der Waals surface area contributed by atoms with Gasteiger partial charge in [-0.05, 0) is 170 Å². The molecular weight excluding hydrogens is 1310 g/mol. The van der Waals surface area contributed by atoms with Gasteiger partial charge in [-0.1, -0.05) is 249 Å². The van der Waals surface area contributed by atoms with Crippen LogP contribution < -0.4 is 0 Å². The molecule has 0 saturated carbocycles. The molecule has 0 saturated heterocycles. The van der Waals surface area contributed by atoms with Gasteiger partial charge in [0, 0.05) is 92.8 Å². The van der Waals surface area contributed by atoms with E-state index in [2.05, 4.69) is 361 Å². The Morgan fingerprint density at radius 2 is 0.471 bits per heavy atom. The number of hydrogen-bond acceptors (Lipinski definition) is 4. The maximum Gasteiger partial charge on any atom is 0.0640 e. The molecule has 0 aliphatic rings. The van der Waals surface area contributed by atoms with E-state index in [9.17, 15) is 0 Å². The fraction of sp³-hybridized carbons (Fsp3) is 0. The topological polar surface area (TPSA) is 9.86 Å². The lowest BCUT2D eigenvalue weighted by molar-refractivity contribution is 1.20. The Labute approximate surface area is 604 Å². The van der Waals surface area contributed by atoms with Crippen molar-refractivity contribution in [3.05, 3.63) is 352 Å². The molecule has 0 spiro atoms. The highest BCUT2D eigenvalue weighted by Gasteiger charge is 2.24. The molecule has 6 heteroatoms. The molecule has 476 valence electrons. The van der Waals surface area contributed by atoms with E-state index in [0.29, 0.717) is 0 Å². The molecule has 0 aliphatic heterocycles. The molecule has 0 radical (unpaired) electrons. The molecule has 0 N–H and O–H groups in total. The minimum absolute atomic E-state index is 1.22. The Morgan fingerprint density at radius 3 is 0.922 bits per heavy atom. The molecule has 0 unspecified atom stereocenters. The van der Waals surface area contributed by atoms with Gasteiger partial charge in [0.1, 0.15) is 0 Å². The molecule has 0 bridgehead atoms. The van der Waals surface area contributed by atoms with Gasteiger partial charge in [0.05, 0.1) is 42.8 Å². The van der Waals surface area contributed by atoms with Gasteiger partial charge in [0.25, 0.3) is 0 Å². The van der Waals surface area contributed by atoms with E-state index in [4.69, 9.17) is 0 Å². The van der Waals surface area contributed by atoms with E-state index in [0.717, 1.165) is 0 Å². The molecule has 16 aromatic carbocycles. The third-order valence-electron chi connectivity index (χ3n) is 20.8. The van der Waals surface area contributed by atoms with Crippen molar-refractivity contribution in [2.75, 3.05) is 0 Å². The van der Waals surface area contributed by atoms with E-state index in [1.54, 1.807) is 0 Å². The molecule has 22 rings (SSSR count). The van der Waals surface area contributed by atoms with Crippen LogP contribution in [-0.4, -0.2) is 9.13 Å². The van der Waals surface area contributed by atoms with Crippen LogP contribution in [0, 0.1) is 0 Å². The normalized spacial score (nSPS) is 11.9. The molecule has 2 nitrogen and oxygen atoms in total. The Morgan fingerprint density at radius 1 is 0.167 bits per heavy atom. The molecular formula is C96H58N2S4. The summed E-state index contributed by atoms with van der Waals surface area (Å²) in [7, 11) is 0. The highest BCUT2D eigenvalue weighted by Crippen LogP contribution is 2.50. The lowest BCUT2D eigenvalue weighted by atomic mass is 9.95. The quantitative estimate of drug-likeness (QED) is 0.143. The zero-order chi connectivity index (χ0) is 66.9. The summed E-state index contributed by atoms with van der Waals surface area (Å²) >= 11 is 7.56. The second kappa shape index (κ2) is 23.8. The Kier molecular flexibility index (Phi) is 13.8. The lowest BCUT2D eigenvalue weighted by Crippen LogP contribution is -1.94. The zero-order valence-electron chi connectivity index (χ0n) is 55.0. The van der Waals surface area contributed by atoms with Crippen LogP contribution in [0.15, 0.2) is 352 Å². The summed E-state index contributed by atoms with van der Waals surface area (Å²) in [5.41, 5.74) is 22.3. The van der Waals surface area contributed by atoms with Crippen molar-refractivity contribution in [1.82, 2.24) is 9.13 Å². The van der Waals surface area contributed by atoms with Crippen molar-refractivity contribution >= 4 is 170 Å². The maximum absolute atomic E-state index is 2.50. The predicted molar refractivity (Wildman–Crippen MR) is 446 cm³/mol. The van der Waals surface area contributed by atoms with Gasteiger partial charge < -0.3 is 9.13 Å². The first-order valence-electron chi connectivity index (χ1n) is 34.7. The summed E-state index contributed by atoms with van der Waals surface area (Å²) in [6.45, 7) is 0. The largest absolute Gasteiger partial charge is 0.308 e. The molecule has 22 aromatic rings. The van der Waals surface area contributed by atoms with Gasteiger partial charge >= 0.3 is 0 Å². The summed E-state index contributed by atoms with van der Waals surface area (Å²) in [5.74, 6) is 0. The van der Waals surface area contributed by atoms with Gasteiger partial charge in [0.15, 0.2) is 0 Å². The summed E-state index contributed by atoms with van der Waals surface area (Å²) in [6, 6.07) is 130. The number of thiophene rings is 4. The SMILES string of the molecule is c1ccc(-c2ccc3c(c2)c2cc(-c4ccccc4)ccc2n3-c2cccc3c2sc2cccc(-c4ccc5sc6ccccc6c5c4)c23)cc1.c1ccc(-c2ccc3c(c2)c2cc(-c4ccccc4)ccc2n3-c2cccc3c2sc2cccc(-c4cccc5sc6ccccc6c45)c23)cc1. The van der Waals surface area contributed by atoms with Crippen molar-refractivity contribution in [1.29, 1.82) is 0 Å². The molecule has 6 heterocycles. The molecule has 102 heavy (non-hydrogen) atoms. The molecule has 0 fully saturated rings. The standard InChI is InChI=1S/2C48H29NS2/c1-3-12-30(13-4-1)32-24-26-40-38(28-32)39-29-33(31-14-5-2-6-15-31)25-27-41(39)49(40)42-20-9-19-37-47-35(18-11-23-45(47)51-48(37)42)34-17-10-22-44-46(34)36-16-7-8-21-43(36)50-44;1-3-11-30(12-4-1)32-21-24-41-38(27-32)39-28-33(31-13-5-2-6-14-31)22-25-42(39)49(41)43-18-9-17-37-47-35(16-10-20-46(47)51-48(37)43)34-23-26-45-40(29-34)36-15-7-8-19-44(36)50-45/h2*1-29H. The van der Waals surface area contributed by atoms with Crippen molar-refractivity contribution in [2.24, 2.45) is 0 Å². The van der Waals surface area contributed by atoms with Crippen LogP contribution in [0.3, 0.4) is 0 Å². The number of hydrogen-bond donors (Lipinski definition) is 0. The van der Waals surface area contributed by atoms with Crippen LogP contribution in [0.4, 0.5) is 0 Å². The predicted octanol–water partition coefficient (Wildman–Crippen LogP) is 29.0. The third kappa shape index (κ3) is 9.48. The van der Waals surface area contributed by atoms with Crippen LogP contribution in [0.2, 0.25) is 0 Å². The number of rotatable bonds is 8. The first kappa shape index (κ1) is 58.9. The number of benzene rings is 16. The van der Waals surface area contributed by atoms with Crippen molar-refractivity contribution in [3.8, 4) is 78.1 Å². The van der Waals surface area contributed by atoms with Crippen molar-refractivity contribution in [2.45, 2.75) is 0 Å². The van der Waals surface area contributed by atoms with E-state index < -0.39 is 0 Å². The summed E-state index contributed by atoms with van der Waals surface area (Å²) in [4.78, 5) is 0. The summed E-state index contributed by atoms with van der Waals surface area (Å²) in [5, 5.41) is 15.7. The first-order chi connectivity index (χ1) is 50.6. The van der Waals surface area contributed by atoms with Crippen LogP contribution >= 0.6 is 45.3 Å². The van der Waals surface area contributed by atoms with E-state index in [1.807, 2.05) is 45.3 Å². The fourth-order valence-electron chi connectivity index (χ4n) is 16.2. The fourth-order valence-corrected chi connectivity index (χ4v) is 20.9. The van der Waals surface area contributed by atoms with Crippen LogP contribution in [0.5, 0.6) is 0 Å². The average Bonchev–Trinajstić information content (AvgIpc) is 1.57. The van der Waals surface area contributed by atoms with Gasteiger partial charge in [-0.2, -0.15) is 0 Å². The van der Waals surface area contributed by atoms with E-state index in [-0.39, 0.29) is 0 Å². The number of fused-ring (bicyclic) bond motifs is 18.